The summed E-state index contributed by atoms with van der Waals surface area (Å²) in [6.45, 7) is -1.26. The van der Waals surface area contributed by atoms with E-state index in [9.17, 15) is 22.0 Å². The van der Waals surface area contributed by atoms with Crippen molar-refractivity contribution in [1.82, 2.24) is 9.78 Å². The molecule has 1 N–H and O–H groups in total. The lowest BCUT2D eigenvalue weighted by Crippen LogP contribution is -2.19. The number of rotatable bonds is 5. The highest BCUT2D eigenvalue weighted by atomic mass is 32.2. The molecule has 0 saturated carbocycles. The van der Waals surface area contributed by atoms with Crippen LogP contribution < -0.4 is 10.1 Å². The van der Waals surface area contributed by atoms with Crippen LogP contribution in [0.3, 0.4) is 0 Å². The first-order valence-electron chi connectivity index (χ1n) is 7.86. The number of aromatic nitrogens is 2. The minimum Gasteiger partial charge on any atom is -0.435 e. The van der Waals surface area contributed by atoms with Crippen LogP contribution in [0.4, 0.5) is 14.6 Å². The van der Waals surface area contributed by atoms with Gasteiger partial charge in [-0.2, -0.15) is 13.9 Å². The van der Waals surface area contributed by atoms with Gasteiger partial charge in [-0.15, -0.1) is 0 Å². The van der Waals surface area contributed by atoms with Crippen molar-refractivity contribution >= 4 is 21.6 Å². The summed E-state index contributed by atoms with van der Waals surface area (Å²) < 4.78 is 53.8. The van der Waals surface area contributed by atoms with E-state index in [1.807, 2.05) is 0 Å². The topological polar surface area (TPSA) is 90.3 Å². The molecule has 1 saturated heterocycles. The van der Waals surface area contributed by atoms with Gasteiger partial charge in [0.05, 0.1) is 23.2 Å². The van der Waals surface area contributed by atoms with Crippen molar-refractivity contribution in [2.45, 2.75) is 26.0 Å². The molecule has 0 bridgehead atoms. The number of aryl methyl sites for hydroxylation is 1. The van der Waals surface area contributed by atoms with E-state index in [1.165, 1.54) is 28.9 Å². The summed E-state index contributed by atoms with van der Waals surface area (Å²) in [5.41, 5.74) is 0.756. The molecule has 0 spiro atoms. The van der Waals surface area contributed by atoms with Crippen LogP contribution in [0.5, 0.6) is 5.75 Å². The van der Waals surface area contributed by atoms with Gasteiger partial charge in [0.2, 0.25) is 0 Å². The van der Waals surface area contributed by atoms with Crippen LogP contribution in [0.1, 0.15) is 28.5 Å². The molecule has 26 heavy (non-hydrogen) atoms. The van der Waals surface area contributed by atoms with E-state index in [-0.39, 0.29) is 28.9 Å². The van der Waals surface area contributed by atoms with Crippen molar-refractivity contribution in [1.29, 1.82) is 0 Å². The van der Waals surface area contributed by atoms with Crippen LogP contribution in [-0.4, -0.2) is 42.2 Å². The Morgan fingerprint density at radius 2 is 2.15 bits per heavy atom. The predicted molar refractivity (Wildman–Crippen MR) is 90.3 cm³/mol. The first kappa shape index (κ1) is 18.3. The maximum atomic E-state index is 12.4. The van der Waals surface area contributed by atoms with Gasteiger partial charge in [-0.25, -0.2) is 13.1 Å². The molecule has 1 unspecified atom stereocenters. The van der Waals surface area contributed by atoms with Gasteiger partial charge in [0, 0.05) is 11.6 Å². The predicted octanol–water partition coefficient (Wildman–Crippen LogP) is 2.40. The minimum absolute atomic E-state index is 0.0330. The van der Waals surface area contributed by atoms with Crippen LogP contribution in [-0.2, 0) is 9.84 Å². The Kier molecular flexibility index (Phi) is 4.94. The van der Waals surface area contributed by atoms with Crippen LogP contribution >= 0.6 is 0 Å². The lowest BCUT2D eigenvalue weighted by Gasteiger charge is -2.14. The number of alkyl halides is 2. The van der Waals surface area contributed by atoms with Crippen LogP contribution in [0.25, 0.3) is 0 Å². The molecule has 140 valence electrons. The highest BCUT2D eigenvalue weighted by molar-refractivity contribution is 7.91. The van der Waals surface area contributed by atoms with Gasteiger partial charge < -0.3 is 10.1 Å². The number of ether oxygens (including phenoxy) is 1. The fourth-order valence-electron chi connectivity index (χ4n) is 2.86. The Labute approximate surface area is 148 Å². The van der Waals surface area contributed by atoms with E-state index in [4.69, 9.17) is 0 Å². The largest absolute Gasteiger partial charge is 0.435 e. The van der Waals surface area contributed by atoms with Gasteiger partial charge >= 0.3 is 6.61 Å². The van der Waals surface area contributed by atoms with Crippen molar-refractivity contribution in [2.75, 3.05) is 16.8 Å². The molecule has 2 heterocycles. The molecule has 3 rings (SSSR count). The third-order valence-corrected chi connectivity index (χ3v) is 5.73. The normalized spacial score (nSPS) is 18.8. The van der Waals surface area contributed by atoms with Crippen LogP contribution in [0, 0.1) is 6.92 Å². The average Bonchev–Trinajstić information content (AvgIpc) is 3.09. The number of benzene rings is 1. The number of halogens is 2. The molecule has 10 heteroatoms. The number of carbonyl (C=O) groups excluding carboxylic acids is 1. The lowest BCUT2D eigenvalue weighted by atomic mass is 10.2. The van der Waals surface area contributed by atoms with E-state index in [2.05, 4.69) is 15.2 Å². The molecule has 1 aliphatic heterocycles. The fourth-order valence-corrected chi connectivity index (χ4v) is 4.55. The van der Waals surface area contributed by atoms with E-state index in [1.54, 1.807) is 13.0 Å². The monoisotopic (exact) mass is 385 g/mol. The standard InChI is InChI=1S/C16H17F2N3O4S/c1-10-7-14(21(20-10)12-5-6-26(23,24)9-12)19-15(22)11-3-2-4-13(8-11)25-16(17)18/h2-4,7-8,12,16H,5-6,9H2,1H3,(H,19,22). The Balaban J connectivity index is 1.80. The number of nitrogens with one attached hydrogen (secondary N) is 1. The Hall–Kier alpha value is -2.49. The first-order chi connectivity index (χ1) is 12.2. The highest BCUT2D eigenvalue weighted by Gasteiger charge is 2.31. The zero-order valence-electron chi connectivity index (χ0n) is 13.9. The van der Waals surface area contributed by atoms with Gasteiger partial charge in [0.1, 0.15) is 11.6 Å². The van der Waals surface area contributed by atoms with E-state index < -0.39 is 22.4 Å². The number of hydrogen-bond acceptors (Lipinski definition) is 5. The summed E-state index contributed by atoms with van der Waals surface area (Å²) in [6, 6.07) is 6.69. The molecule has 1 atom stereocenters. The zero-order chi connectivity index (χ0) is 18.9. The minimum atomic E-state index is -3.11. The maximum absolute atomic E-state index is 12.4. The molecule has 1 amide bonds. The summed E-state index contributed by atoms with van der Waals surface area (Å²) in [4.78, 5) is 12.4. The number of sulfone groups is 1. The number of amides is 1. The third kappa shape index (κ3) is 4.18. The first-order valence-corrected chi connectivity index (χ1v) is 9.68. The van der Waals surface area contributed by atoms with Crippen molar-refractivity contribution in [3.63, 3.8) is 0 Å². The molecular weight excluding hydrogens is 368 g/mol. The average molecular weight is 385 g/mol. The molecule has 1 aliphatic rings. The molecule has 1 fully saturated rings. The van der Waals surface area contributed by atoms with Crippen molar-refractivity contribution < 1.29 is 26.7 Å². The fraction of sp³-hybridized carbons (Fsp3) is 0.375. The van der Waals surface area contributed by atoms with Crippen LogP contribution in [0.2, 0.25) is 0 Å². The van der Waals surface area contributed by atoms with Crippen LogP contribution in [0.15, 0.2) is 30.3 Å². The summed E-state index contributed by atoms with van der Waals surface area (Å²) in [7, 11) is -3.11. The van der Waals surface area contributed by atoms with E-state index >= 15 is 0 Å². The van der Waals surface area contributed by atoms with Gasteiger partial charge in [-0.1, -0.05) is 6.07 Å². The summed E-state index contributed by atoms with van der Waals surface area (Å²) in [5, 5.41) is 6.93. The quantitative estimate of drug-likeness (QED) is 0.854. The molecular formula is C16H17F2N3O4S. The second-order valence-corrected chi connectivity index (χ2v) is 8.26. The Morgan fingerprint density at radius 1 is 1.38 bits per heavy atom. The SMILES string of the molecule is Cc1cc(NC(=O)c2cccc(OC(F)F)c2)n(C2CCS(=O)(=O)C2)n1. The molecule has 2 aromatic rings. The Bertz CT molecular complexity index is 927. The van der Waals surface area contributed by atoms with Crippen molar-refractivity contribution in [3.05, 3.63) is 41.6 Å². The molecule has 7 nitrogen and oxygen atoms in total. The lowest BCUT2D eigenvalue weighted by molar-refractivity contribution is -0.0498. The molecule has 0 radical (unpaired) electrons. The van der Waals surface area contributed by atoms with Crippen molar-refractivity contribution in [2.24, 2.45) is 0 Å². The smallest absolute Gasteiger partial charge is 0.387 e. The number of nitrogens with zero attached hydrogens (tertiary/aromatic N) is 2. The molecule has 0 aliphatic carbocycles. The number of anilines is 1. The maximum Gasteiger partial charge on any atom is 0.387 e. The van der Waals surface area contributed by atoms with Gasteiger partial charge in [0.25, 0.3) is 5.91 Å². The van der Waals surface area contributed by atoms with Gasteiger partial charge in [-0.05, 0) is 31.5 Å². The van der Waals surface area contributed by atoms with Gasteiger partial charge in [0.15, 0.2) is 9.84 Å². The van der Waals surface area contributed by atoms with Gasteiger partial charge in [-0.3, -0.25) is 4.79 Å². The second kappa shape index (κ2) is 7.02. The van der Waals surface area contributed by atoms with E-state index in [0.29, 0.717) is 17.9 Å². The Morgan fingerprint density at radius 3 is 2.81 bits per heavy atom. The van der Waals surface area contributed by atoms with E-state index in [0.717, 1.165) is 0 Å². The molecule has 1 aromatic carbocycles. The number of hydrogen-bond donors (Lipinski definition) is 1. The second-order valence-electron chi connectivity index (χ2n) is 6.03. The number of carbonyl (C=O) groups is 1. The summed E-state index contributed by atoms with van der Waals surface area (Å²) in [5.74, 6) is -0.258. The third-order valence-electron chi connectivity index (χ3n) is 3.98. The summed E-state index contributed by atoms with van der Waals surface area (Å²) in [6.07, 6.45) is 0.421. The molecule has 1 aromatic heterocycles. The van der Waals surface area contributed by atoms with Crippen molar-refractivity contribution in [3.8, 4) is 5.75 Å². The summed E-state index contributed by atoms with van der Waals surface area (Å²) >= 11 is 0. The zero-order valence-corrected chi connectivity index (χ0v) is 14.7. The highest BCUT2D eigenvalue weighted by Crippen LogP contribution is 2.27.